The Morgan fingerprint density at radius 3 is 2.08 bits per heavy atom. The van der Waals surface area contributed by atoms with Crippen LogP contribution in [0.2, 0.25) is 0 Å². The maximum absolute atomic E-state index is 12.8. The van der Waals surface area contributed by atoms with E-state index in [0.717, 1.165) is 52.0 Å². The Morgan fingerprint density at radius 1 is 0.833 bits per heavy atom. The summed E-state index contributed by atoms with van der Waals surface area (Å²) in [4.78, 5) is 26.1. The number of aliphatic carboxylic acids is 2. The summed E-state index contributed by atoms with van der Waals surface area (Å²) in [6.07, 6.45) is 9.22. The third kappa shape index (κ3) is 5.98. The van der Waals surface area contributed by atoms with Crippen LogP contribution in [0.25, 0.3) is 21.5 Å². The molecule has 0 radical (unpaired) electrons. The van der Waals surface area contributed by atoms with Gasteiger partial charge in [0.1, 0.15) is 12.6 Å². The van der Waals surface area contributed by atoms with Crippen molar-refractivity contribution in [3.63, 3.8) is 0 Å². The van der Waals surface area contributed by atoms with Crippen LogP contribution in [0.3, 0.4) is 0 Å². The summed E-state index contributed by atoms with van der Waals surface area (Å²) < 4.78 is 2.36. The minimum atomic E-state index is -0.820. The van der Waals surface area contributed by atoms with Crippen molar-refractivity contribution in [1.29, 1.82) is 0 Å². The fourth-order valence-corrected chi connectivity index (χ4v) is 7.99. The molecule has 4 aromatic rings. The van der Waals surface area contributed by atoms with E-state index in [1.54, 1.807) is 0 Å². The number of rotatable bonds is 11. The molecule has 0 aliphatic carbocycles. The lowest BCUT2D eigenvalue weighted by atomic mass is 9.79. The zero-order valence-electron chi connectivity index (χ0n) is 28.5. The van der Waals surface area contributed by atoms with E-state index in [1.807, 2.05) is 13.0 Å². The Kier molecular flexibility index (Phi) is 10.0. The predicted molar refractivity (Wildman–Crippen MR) is 191 cm³/mol. The van der Waals surface area contributed by atoms with Crippen molar-refractivity contribution in [1.82, 2.24) is 0 Å². The maximum atomic E-state index is 12.8. The average Bonchev–Trinajstić information content (AvgIpc) is 3.40. The third-order valence-electron chi connectivity index (χ3n) is 10.1. The van der Waals surface area contributed by atoms with Crippen molar-refractivity contribution in [2.45, 2.75) is 83.6 Å². The molecule has 0 spiro atoms. The van der Waals surface area contributed by atoms with Crippen molar-refractivity contribution in [2.75, 3.05) is 11.4 Å². The van der Waals surface area contributed by atoms with Gasteiger partial charge in [-0.15, -0.1) is 0 Å². The summed E-state index contributed by atoms with van der Waals surface area (Å²) in [5.41, 5.74) is 5.91. The number of unbranched alkanes of at least 4 members (excludes halogenated alkanes) is 1. The number of hydrogen-bond acceptors (Lipinski definition) is 3. The van der Waals surface area contributed by atoms with Gasteiger partial charge in [-0.3, -0.25) is 4.79 Å². The molecule has 0 bridgehead atoms. The van der Waals surface area contributed by atoms with Gasteiger partial charge in [-0.1, -0.05) is 87.9 Å². The average molecular weight is 710 g/mol. The van der Waals surface area contributed by atoms with E-state index in [2.05, 4.69) is 122 Å². The molecular weight excluding hydrogens is 664 g/mol. The number of carboxylic acid groups (broad SMARTS) is 2. The predicted octanol–water partition coefficient (Wildman–Crippen LogP) is 6.12. The molecule has 2 aliphatic heterocycles. The van der Waals surface area contributed by atoms with Crippen LogP contribution in [0.4, 0.5) is 11.4 Å². The Labute approximate surface area is 293 Å². The zero-order valence-corrected chi connectivity index (χ0v) is 30.0. The van der Waals surface area contributed by atoms with E-state index < -0.39 is 23.4 Å². The van der Waals surface area contributed by atoms with Crippen molar-refractivity contribution in [3.05, 3.63) is 108 Å². The number of allylic oxidation sites excluding steroid dienone is 4. The number of carbonyl (C=O) groups is 2. The van der Waals surface area contributed by atoms with Gasteiger partial charge in [0.2, 0.25) is 5.69 Å². The monoisotopic (exact) mass is 708 g/mol. The summed E-state index contributed by atoms with van der Waals surface area (Å²) in [6, 6.07) is 24.7. The molecule has 2 N–H and O–H groups in total. The molecule has 48 heavy (non-hydrogen) atoms. The molecule has 7 heteroatoms. The zero-order chi connectivity index (χ0) is 33.5. The largest absolute Gasteiger partial charge is 1.00 e. The molecule has 0 saturated carbocycles. The second-order valence-electron chi connectivity index (χ2n) is 13.9. The van der Waals surface area contributed by atoms with Crippen LogP contribution in [0.5, 0.6) is 0 Å². The Balaban J connectivity index is 0.00000451. The van der Waals surface area contributed by atoms with Crippen molar-refractivity contribution in [2.24, 2.45) is 0 Å². The van der Waals surface area contributed by atoms with Crippen LogP contribution < -0.4 is 21.9 Å². The summed E-state index contributed by atoms with van der Waals surface area (Å²) in [7, 11) is 0. The molecule has 250 valence electrons. The molecule has 2 aliphatic rings. The first-order valence-corrected chi connectivity index (χ1v) is 16.8. The molecular formula is C41H45BrN2O4. The van der Waals surface area contributed by atoms with Gasteiger partial charge >= 0.3 is 11.9 Å². The molecule has 1 unspecified atom stereocenters. The molecule has 6 nitrogen and oxygen atoms in total. The van der Waals surface area contributed by atoms with E-state index >= 15 is 0 Å². The molecule has 0 fully saturated rings. The summed E-state index contributed by atoms with van der Waals surface area (Å²) >= 11 is 0. The van der Waals surface area contributed by atoms with Gasteiger partial charge in [-0.2, -0.15) is 4.58 Å². The van der Waals surface area contributed by atoms with Gasteiger partial charge in [-0.05, 0) is 72.0 Å². The minimum Gasteiger partial charge on any atom is -1.00 e. The number of anilines is 1. The lowest BCUT2D eigenvalue weighted by molar-refractivity contribution is -0.438. The van der Waals surface area contributed by atoms with Crippen LogP contribution in [-0.2, 0) is 20.4 Å². The first kappa shape index (κ1) is 35.1. The quantitative estimate of drug-likeness (QED) is 0.145. The van der Waals surface area contributed by atoms with E-state index in [1.165, 1.54) is 16.3 Å². The number of carboxylic acids is 2. The van der Waals surface area contributed by atoms with Gasteiger partial charge in [0.05, 0.1) is 5.41 Å². The van der Waals surface area contributed by atoms with Gasteiger partial charge in [0.15, 0.2) is 5.71 Å². The summed E-state index contributed by atoms with van der Waals surface area (Å²) in [5.74, 6) is -1.59. The normalized spacial score (nSPS) is 17.6. The second-order valence-corrected chi connectivity index (χ2v) is 13.9. The highest BCUT2D eigenvalue weighted by atomic mass is 79.9. The number of nitrogens with zero attached hydrogens (tertiary/aromatic N) is 2. The van der Waals surface area contributed by atoms with E-state index in [-0.39, 0.29) is 28.8 Å². The second kappa shape index (κ2) is 13.7. The Bertz CT molecular complexity index is 1990. The van der Waals surface area contributed by atoms with Gasteiger partial charge in [0, 0.05) is 47.3 Å². The number of hydrogen-bond donors (Lipinski definition) is 2. The molecule has 4 aromatic carbocycles. The van der Waals surface area contributed by atoms with Crippen LogP contribution in [-0.4, -0.2) is 45.0 Å². The van der Waals surface area contributed by atoms with Gasteiger partial charge in [-0.25, -0.2) is 4.79 Å². The highest BCUT2D eigenvalue weighted by Crippen LogP contribution is 2.52. The molecule has 6 rings (SSSR count). The third-order valence-corrected chi connectivity index (χ3v) is 10.1. The molecule has 0 amide bonds. The van der Waals surface area contributed by atoms with Gasteiger partial charge in [0.25, 0.3) is 0 Å². The van der Waals surface area contributed by atoms with Crippen LogP contribution in [0.15, 0.2) is 96.7 Å². The smallest absolute Gasteiger partial charge is 0.326 e. The molecule has 0 saturated heterocycles. The number of halogens is 1. The van der Waals surface area contributed by atoms with E-state index in [4.69, 9.17) is 0 Å². The fourth-order valence-electron chi connectivity index (χ4n) is 7.99. The fraction of sp³-hybridized carbons (Fsp3) is 0.341. The van der Waals surface area contributed by atoms with Crippen molar-refractivity contribution < 1.29 is 41.4 Å². The van der Waals surface area contributed by atoms with Crippen LogP contribution >= 0.6 is 0 Å². The first-order chi connectivity index (χ1) is 22.5. The highest BCUT2D eigenvalue weighted by Gasteiger charge is 2.47. The number of benzene rings is 4. The van der Waals surface area contributed by atoms with E-state index in [9.17, 15) is 19.8 Å². The molecule has 2 heterocycles. The Hall–Kier alpha value is -4.23. The van der Waals surface area contributed by atoms with Crippen molar-refractivity contribution >= 4 is 50.6 Å². The maximum Gasteiger partial charge on any atom is 0.326 e. The molecule has 1 atom stereocenters. The topological polar surface area (TPSA) is 80.8 Å². The SMILES string of the molecule is CCCC(C(=O)O)N1C(=CC=CC2=[N+](CCCCC(=O)O)c3ccc4ccccc4c3C2(C)C)C(C)(C)c2c1ccc1ccccc21.[Br-]. The highest BCUT2D eigenvalue weighted by molar-refractivity contribution is 6.08. The first-order valence-electron chi connectivity index (χ1n) is 16.8. The van der Waals surface area contributed by atoms with E-state index in [0.29, 0.717) is 19.4 Å². The summed E-state index contributed by atoms with van der Waals surface area (Å²) in [6.45, 7) is 11.7. The lowest BCUT2D eigenvalue weighted by Gasteiger charge is -2.31. The van der Waals surface area contributed by atoms with Crippen LogP contribution in [0.1, 0.15) is 77.8 Å². The molecule has 0 aromatic heterocycles. The van der Waals surface area contributed by atoms with Crippen molar-refractivity contribution in [3.8, 4) is 0 Å². The summed E-state index contributed by atoms with van der Waals surface area (Å²) in [5, 5.41) is 24.4. The minimum absolute atomic E-state index is 0. The Morgan fingerprint density at radius 2 is 1.46 bits per heavy atom. The lowest BCUT2D eigenvalue weighted by Crippen LogP contribution is -3.00. The van der Waals surface area contributed by atoms with Crippen LogP contribution in [0, 0.1) is 0 Å². The van der Waals surface area contributed by atoms with Gasteiger partial charge < -0.3 is 32.1 Å². The standard InChI is InChI=1S/C41H44N2O4.BrH/c1-6-14-33(39(46)47)43-32-25-23-28-16-8-10-18-30(28)38(32)41(4,5)35(43)20-13-19-34-40(2,3)37-29-17-9-7-15-27(29)22-24-31(37)42(34)26-12-11-21-36(44)45;/h7-10,13,15-20,22-25,33H,6,11-12,14,21,26H2,1-5H3,(H-,44,45,46,47);1H. The number of fused-ring (bicyclic) bond motifs is 6.